The summed E-state index contributed by atoms with van der Waals surface area (Å²) in [5.74, 6) is -0.333. The van der Waals surface area contributed by atoms with Gasteiger partial charge in [0.2, 0.25) is 0 Å². The maximum atomic E-state index is 11.8. The number of nitrogens with two attached hydrogens (primary N) is 1. The average molecular weight is 251 g/mol. The first-order valence-electron chi connectivity index (χ1n) is 6.00. The van der Waals surface area contributed by atoms with Crippen molar-refractivity contribution in [2.75, 3.05) is 6.61 Å². The Morgan fingerprint density at radius 1 is 1.33 bits per heavy atom. The van der Waals surface area contributed by atoms with Crippen molar-refractivity contribution in [1.82, 2.24) is 0 Å². The molecule has 0 spiro atoms. The molecule has 0 bridgehead atoms. The van der Waals surface area contributed by atoms with Crippen LogP contribution in [-0.4, -0.2) is 29.3 Å². The van der Waals surface area contributed by atoms with Crippen LogP contribution in [0.2, 0.25) is 0 Å². The lowest BCUT2D eigenvalue weighted by atomic mass is 10.1. The molecule has 0 amide bonds. The number of aliphatic hydroxyl groups is 1. The molecule has 4 nitrogen and oxygen atoms in total. The van der Waals surface area contributed by atoms with Crippen LogP contribution in [0.5, 0.6) is 0 Å². The summed E-state index contributed by atoms with van der Waals surface area (Å²) in [6.07, 6.45) is 0.588. The minimum atomic E-state index is -0.491. The number of esters is 1. The largest absolute Gasteiger partial charge is 0.456 e. The predicted molar refractivity (Wildman–Crippen MR) is 70.4 cm³/mol. The number of rotatable bonds is 4. The quantitative estimate of drug-likeness (QED) is 0.795. The molecule has 1 atom stereocenters. The van der Waals surface area contributed by atoms with E-state index in [1.54, 1.807) is 12.1 Å². The van der Waals surface area contributed by atoms with E-state index in [9.17, 15) is 4.79 Å². The molecule has 1 aromatic rings. The number of benzene rings is 1. The highest BCUT2D eigenvalue weighted by atomic mass is 16.6. The molecular weight excluding hydrogens is 230 g/mol. The van der Waals surface area contributed by atoms with Gasteiger partial charge >= 0.3 is 5.97 Å². The summed E-state index contributed by atoms with van der Waals surface area (Å²) in [5.41, 5.74) is 6.66. The van der Waals surface area contributed by atoms with Gasteiger partial charge in [-0.15, -0.1) is 0 Å². The summed E-state index contributed by atoms with van der Waals surface area (Å²) >= 11 is 0. The summed E-state index contributed by atoms with van der Waals surface area (Å²) in [5, 5.41) is 8.87. The van der Waals surface area contributed by atoms with E-state index in [1.165, 1.54) is 0 Å². The van der Waals surface area contributed by atoms with Crippen LogP contribution < -0.4 is 5.73 Å². The number of hydrogen-bond donors (Lipinski definition) is 2. The monoisotopic (exact) mass is 251 g/mol. The summed E-state index contributed by atoms with van der Waals surface area (Å²) < 4.78 is 5.26. The first-order chi connectivity index (χ1) is 8.31. The Morgan fingerprint density at radius 3 is 2.33 bits per heavy atom. The van der Waals surface area contributed by atoms with E-state index in [4.69, 9.17) is 15.6 Å². The fraction of sp³-hybridized carbons (Fsp3) is 0.500. The Hall–Kier alpha value is -1.39. The van der Waals surface area contributed by atoms with Gasteiger partial charge in [-0.05, 0) is 44.9 Å². The van der Waals surface area contributed by atoms with Crippen molar-refractivity contribution in [3.8, 4) is 0 Å². The van der Waals surface area contributed by atoms with Crippen molar-refractivity contribution < 1.29 is 14.6 Å². The second-order valence-electron chi connectivity index (χ2n) is 5.35. The van der Waals surface area contributed by atoms with Gasteiger partial charge in [0, 0.05) is 6.04 Å². The van der Waals surface area contributed by atoms with Gasteiger partial charge in [0.05, 0.1) is 12.2 Å². The maximum Gasteiger partial charge on any atom is 0.338 e. The first-order valence-corrected chi connectivity index (χ1v) is 6.00. The highest BCUT2D eigenvalue weighted by molar-refractivity contribution is 5.89. The van der Waals surface area contributed by atoms with E-state index in [0.29, 0.717) is 12.0 Å². The van der Waals surface area contributed by atoms with Crippen LogP contribution in [0.3, 0.4) is 0 Å². The molecule has 100 valence electrons. The van der Waals surface area contributed by atoms with E-state index < -0.39 is 5.60 Å². The third-order valence-electron chi connectivity index (χ3n) is 2.32. The van der Waals surface area contributed by atoms with Crippen LogP contribution in [-0.2, 0) is 11.2 Å². The van der Waals surface area contributed by atoms with E-state index in [2.05, 4.69) is 0 Å². The summed E-state index contributed by atoms with van der Waals surface area (Å²) in [6, 6.07) is 6.82. The molecule has 1 unspecified atom stereocenters. The summed E-state index contributed by atoms with van der Waals surface area (Å²) in [4.78, 5) is 11.8. The van der Waals surface area contributed by atoms with E-state index in [0.717, 1.165) is 5.56 Å². The van der Waals surface area contributed by atoms with Gasteiger partial charge in [-0.3, -0.25) is 0 Å². The van der Waals surface area contributed by atoms with Gasteiger partial charge in [-0.2, -0.15) is 0 Å². The topological polar surface area (TPSA) is 72.5 Å². The second kappa shape index (κ2) is 5.98. The van der Waals surface area contributed by atoms with Gasteiger partial charge < -0.3 is 15.6 Å². The number of carbonyl (C=O) groups excluding carboxylic acids is 1. The SMILES string of the molecule is CC(C)(C)OC(=O)c1ccc(CC(N)CO)cc1. The van der Waals surface area contributed by atoms with Gasteiger partial charge in [-0.1, -0.05) is 12.1 Å². The Kier molecular flexibility index (Phi) is 4.87. The van der Waals surface area contributed by atoms with Crippen LogP contribution in [0, 0.1) is 0 Å². The number of ether oxygens (including phenoxy) is 1. The van der Waals surface area contributed by atoms with Crippen LogP contribution in [0.15, 0.2) is 24.3 Å². The fourth-order valence-electron chi connectivity index (χ4n) is 1.48. The van der Waals surface area contributed by atoms with Gasteiger partial charge in [0.25, 0.3) is 0 Å². The van der Waals surface area contributed by atoms with Gasteiger partial charge in [0.15, 0.2) is 0 Å². The molecule has 0 aliphatic carbocycles. The van der Waals surface area contributed by atoms with E-state index in [-0.39, 0.29) is 18.6 Å². The Morgan fingerprint density at radius 2 is 1.89 bits per heavy atom. The molecule has 0 aliphatic heterocycles. The zero-order chi connectivity index (χ0) is 13.8. The van der Waals surface area contributed by atoms with Crippen molar-refractivity contribution >= 4 is 5.97 Å². The lowest BCUT2D eigenvalue weighted by Crippen LogP contribution is -2.27. The van der Waals surface area contributed by atoms with Gasteiger partial charge in [-0.25, -0.2) is 4.79 Å². The lowest BCUT2D eigenvalue weighted by molar-refractivity contribution is 0.00695. The van der Waals surface area contributed by atoms with Crippen LogP contribution in [0.25, 0.3) is 0 Å². The van der Waals surface area contributed by atoms with Gasteiger partial charge in [0.1, 0.15) is 5.60 Å². The number of hydrogen-bond acceptors (Lipinski definition) is 4. The third-order valence-corrected chi connectivity index (χ3v) is 2.32. The van der Waals surface area contributed by atoms with E-state index in [1.807, 2.05) is 32.9 Å². The molecule has 0 saturated carbocycles. The molecule has 4 heteroatoms. The molecular formula is C14H21NO3. The molecule has 0 radical (unpaired) electrons. The number of carbonyl (C=O) groups is 1. The van der Waals surface area contributed by atoms with Crippen molar-refractivity contribution in [1.29, 1.82) is 0 Å². The molecule has 0 fully saturated rings. The second-order valence-corrected chi connectivity index (χ2v) is 5.35. The highest BCUT2D eigenvalue weighted by Gasteiger charge is 2.17. The van der Waals surface area contributed by atoms with Crippen LogP contribution in [0.4, 0.5) is 0 Å². The standard InChI is InChI=1S/C14H21NO3/c1-14(2,3)18-13(17)11-6-4-10(5-7-11)8-12(15)9-16/h4-7,12,16H,8-9,15H2,1-3H3. The lowest BCUT2D eigenvalue weighted by Gasteiger charge is -2.19. The molecule has 18 heavy (non-hydrogen) atoms. The van der Waals surface area contributed by atoms with Crippen LogP contribution >= 0.6 is 0 Å². The third kappa shape index (κ3) is 4.85. The number of aliphatic hydroxyl groups excluding tert-OH is 1. The molecule has 1 rings (SSSR count). The van der Waals surface area contributed by atoms with Crippen LogP contribution in [0.1, 0.15) is 36.7 Å². The minimum absolute atomic E-state index is 0.0478. The zero-order valence-corrected chi connectivity index (χ0v) is 11.1. The maximum absolute atomic E-state index is 11.8. The average Bonchev–Trinajstić information content (AvgIpc) is 2.27. The van der Waals surface area contributed by atoms with E-state index >= 15 is 0 Å². The summed E-state index contributed by atoms with van der Waals surface area (Å²) in [6.45, 7) is 5.45. The predicted octanol–water partition coefficient (Wildman–Crippen LogP) is 1.50. The first kappa shape index (κ1) is 14.7. The molecule has 0 aromatic heterocycles. The molecule has 0 saturated heterocycles. The van der Waals surface area contributed by atoms with Crippen molar-refractivity contribution in [3.05, 3.63) is 35.4 Å². The zero-order valence-electron chi connectivity index (χ0n) is 11.1. The highest BCUT2D eigenvalue weighted by Crippen LogP contribution is 2.13. The van der Waals surface area contributed by atoms with Crippen molar-refractivity contribution in [2.45, 2.75) is 38.8 Å². The van der Waals surface area contributed by atoms with Crippen molar-refractivity contribution in [2.24, 2.45) is 5.73 Å². The smallest absolute Gasteiger partial charge is 0.338 e. The molecule has 1 aromatic carbocycles. The Balaban J connectivity index is 2.68. The van der Waals surface area contributed by atoms with Crippen molar-refractivity contribution in [3.63, 3.8) is 0 Å². The molecule has 3 N–H and O–H groups in total. The summed E-state index contributed by atoms with van der Waals surface area (Å²) in [7, 11) is 0. The Bertz CT molecular complexity index is 392. The molecule has 0 aliphatic rings. The Labute approximate surface area is 108 Å². The normalized spacial score (nSPS) is 13.2. The molecule has 0 heterocycles. The minimum Gasteiger partial charge on any atom is -0.456 e. The fourth-order valence-corrected chi connectivity index (χ4v) is 1.48.